The Labute approximate surface area is 117 Å². The molecular weight excluding hydrogens is 288 g/mol. The molecule has 2 aliphatic heterocycles. The van der Waals surface area contributed by atoms with E-state index in [4.69, 9.17) is 9.84 Å². The van der Waals surface area contributed by atoms with Crippen LogP contribution >= 0.6 is 0 Å². The predicted molar refractivity (Wildman–Crippen MR) is 69.2 cm³/mol. The van der Waals surface area contributed by atoms with Gasteiger partial charge in [-0.05, 0) is 13.3 Å². The van der Waals surface area contributed by atoms with Gasteiger partial charge in [0, 0.05) is 6.04 Å². The molecule has 2 amide bonds. The summed E-state index contributed by atoms with van der Waals surface area (Å²) in [5.74, 6) is -0.957. The van der Waals surface area contributed by atoms with E-state index >= 15 is 0 Å². The Balaban J connectivity index is 1.75. The Morgan fingerprint density at radius 3 is 2.60 bits per heavy atom. The van der Waals surface area contributed by atoms with E-state index in [-0.39, 0.29) is 23.6 Å². The highest BCUT2D eigenvalue weighted by atomic mass is 32.2. The molecule has 20 heavy (non-hydrogen) atoms. The topological polar surface area (TPSA) is 113 Å². The van der Waals surface area contributed by atoms with Crippen LogP contribution in [-0.2, 0) is 19.4 Å². The minimum Gasteiger partial charge on any atom is -0.480 e. The van der Waals surface area contributed by atoms with Gasteiger partial charge in [0.05, 0.1) is 24.6 Å². The van der Waals surface area contributed by atoms with Crippen LogP contribution in [0.4, 0.5) is 4.79 Å². The number of urea groups is 1. The molecule has 1 unspecified atom stereocenters. The van der Waals surface area contributed by atoms with Crippen molar-refractivity contribution in [3.05, 3.63) is 0 Å². The number of carbonyl (C=O) groups is 2. The molecule has 0 spiro atoms. The number of carboxylic acids is 1. The monoisotopic (exact) mass is 306 g/mol. The zero-order valence-corrected chi connectivity index (χ0v) is 12.0. The number of likely N-dealkylation sites (tertiary alicyclic amines) is 1. The second kappa shape index (κ2) is 5.21. The van der Waals surface area contributed by atoms with Gasteiger partial charge < -0.3 is 20.1 Å². The van der Waals surface area contributed by atoms with Crippen molar-refractivity contribution in [3.63, 3.8) is 0 Å². The van der Waals surface area contributed by atoms with Crippen LogP contribution in [0.5, 0.6) is 0 Å². The molecule has 0 aromatic carbocycles. The summed E-state index contributed by atoms with van der Waals surface area (Å²) in [7, 11) is -3.02. The van der Waals surface area contributed by atoms with E-state index in [1.54, 1.807) is 6.92 Å². The van der Waals surface area contributed by atoms with E-state index in [0.29, 0.717) is 19.5 Å². The van der Waals surface area contributed by atoms with Crippen molar-refractivity contribution in [1.82, 2.24) is 10.2 Å². The highest BCUT2D eigenvalue weighted by molar-refractivity contribution is 7.91. The second-order valence-electron chi connectivity index (χ2n) is 5.54. The maximum atomic E-state index is 11.9. The molecule has 0 aliphatic carbocycles. The first-order valence-corrected chi connectivity index (χ1v) is 8.13. The fourth-order valence-corrected chi connectivity index (χ4v) is 4.08. The summed E-state index contributed by atoms with van der Waals surface area (Å²) in [5, 5.41) is 11.2. The van der Waals surface area contributed by atoms with E-state index < -0.39 is 28.0 Å². The lowest BCUT2D eigenvalue weighted by molar-refractivity contribution is -0.159. The molecule has 2 saturated heterocycles. The number of aliphatic carboxylic acids is 1. The molecule has 0 aromatic rings. The van der Waals surface area contributed by atoms with E-state index in [9.17, 15) is 18.0 Å². The summed E-state index contributed by atoms with van der Waals surface area (Å²) in [6.07, 6.45) is 0.439. The lowest BCUT2D eigenvalue weighted by Crippen LogP contribution is -2.66. The molecule has 8 nitrogen and oxygen atoms in total. The Kier molecular flexibility index (Phi) is 3.92. The van der Waals surface area contributed by atoms with Crippen LogP contribution in [0, 0.1) is 0 Å². The molecule has 2 aliphatic rings. The third-order valence-corrected chi connectivity index (χ3v) is 5.21. The van der Waals surface area contributed by atoms with Gasteiger partial charge in [-0.2, -0.15) is 0 Å². The normalized spacial score (nSPS) is 26.9. The van der Waals surface area contributed by atoms with Gasteiger partial charge in [-0.1, -0.05) is 0 Å². The third kappa shape index (κ3) is 3.60. The van der Waals surface area contributed by atoms with Crippen LogP contribution < -0.4 is 5.32 Å². The molecule has 9 heteroatoms. The SMILES string of the molecule is CC1(OCC(=O)O)CN(C(=O)NC2CCS(=O)(=O)C2)C1. The largest absolute Gasteiger partial charge is 0.480 e. The lowest BCUT2D eigenvalue weighted by atomic mass is 9.97. The van der Waals surface area contributed by atoms with Gasteiger partial charge in [0.1, 0.15) is 12.2 Å². The number of carboxylic acid groups (broad SMARTS) is 1. The van der Waals surface area contributed by atoms with Crippen LogP contribution in [0.1, 0.15) is 13.3 Å². The Bertz CT molecular complexity index is 511. The third-order valence-electron chi connectivity index (χ3n) is 3.44. The average molecular weight is 306 g/mol. The number of sulfone groups is 1. The smallest absolute Gasteiger partial charge is 0.329 e. The molecule has 2 rings (SSSR count). The summed E-state index contributed by atoms with van der Waals surface area (Å²) >= 11 is 0. The first-order chi connectivity index (χ1) is 9.19. The summed E-state index contributed by atoms with van der Waals surface area (Å²) < 4.78 is 27.8. The van der Waals surface area contributed by atoms with Crippen LogP contribution in [0.3, 0.4) is 0 Å². The van der Waals surface area contributed by atoms with E-state index in [1.807, 2.05) is 0 Å². The van der Waals surface area contributed by atoms with Gasteiger partial charge in [0.15, 0.2) is 9.84 Å². The van der Waals surface area contributed by atoms with E-state index in [1.165, 1.54) is 4.90 Å². The van der Waals surface area contributed by atoms with Gasteiger partial charge in [0.2, 0.25) is 0 Å². The zero-order valence-electron chi connectivity index (χ0n) is 11.2. The van der Waals surface area contributed by atoms with E-state index in [0.717, 1.165) is 0 Å². The molecule has 1 atom stereocenters. The predicted octanol–water partition coefficient (Wildman–Crippen LogP) is -0.941. The fourth-order valence-electron chi connectivity index (χ4n) is 2.41. The van der Waals surface area contributed by atoms with Crippen molar-refractivity contribution >= 4 is 21.8 Å². The first kappa shape index (κ1) is 15.0. The molecule has 0 bridgehead atoms. The number of carbonyl (C=O) groups excluding carboxylic acids is 1. The number of ether oxygens (including phenoxy) is 1. The summed E-state index contributed by atoms with van der Waals surface area (Å²) in [5.41, 5.74) is -0.641. The number of hydrogen-bond acceptors (Lipinski definition) is 5. The van der Waals surface area contributed by atoms with Crippen LogP contribution in [0.25, 0.3) is 0 Å². The molecule has 2 fully saturated rings. The number of rotatable bonds is 4. The zero-order chi connectivity index (χ0) is 15.0. The Morgan fingerprint density at radius 2 is 2.10 bits per heavy atom. The van der Waals surface area contributed by atoms with Crippen molar-refractivity contribution in [2.24, 2.45) is 0 Å². The maximum Gasteiger partial charge on any atom is 0.329 e. The molecule has 0 aromatic heterocycles. The van der Waals surface area contributed by atoms with Crippen molar-refractivity contribution < 1.29 is 27.9 Å². The fraction of sp³-hybridized carbons (Fsp3) is 0.818. The number of amides is 2. The summed E-state index contributed by atoms with van der Waals surface area (Å²) in [6.45, 7) is 1.93. The second-order valence-corrected chi connectivity index (χ2v) is 7.77. The average Bonchev–Trinajstić information content (AvgIpc) is 2.62. The first-order valence-electron chi connectivity index (χ1n) is 6.31. The molecule has 0 saturated carbocycles. The van der Waals surface area contributed by atoms with Crippen LogP contribution in [-0.4, -0.2) is 73.3 Å². The number of hydrogen-bond donors (Lipinski definition) is 2. The van der Waals surface area contributed by atoms with Crippen molar-refractivity contribution in [3.8, 4) is 0 Å². The van der Waals surface area contributed by atoms with E-state index in [2.05, 4.69) is 5.32 Å². The summed E-state index contributed by atoms with van der Waals surface area (Å²) in [4.78, 5) is 23.8. The molecule has 0 radical (unpaired) electrons. The van der Waals surface area contributed by atoms with Gasteiger partial charge in [-0.3, -0.25) is 0 Å². The highest BCUT2D eigenvalue weighted by Gasteiger charge is 2.43. The molecular formula is C11H18N2O6S. The van der Waals surface area contributed by atoms with Crippen molar-refractivity contribution in [2.45, 2.75) is 25.0 Å². The minimum absolute atomic E-state index is 0.0145. The Hall–Kier alpha value is -1.35. The van der Waals surface area contributed by atoms with Crippen molar-refractivity contribution in [2.75, 3.05) is 31.2 Å². The highest BCUT2D eigenvalue weighted by Crippen LogP contribution is 2.25. The van der Waals surface area contributed by atoms with Gasteiger partial charge in [0.25, 0.3) is 0 Å². The lowest BCUT2D eigenvalue weighted by Gasteiger charge is -2.47. The van der Waals surface area contributed by atoms with Gasteiger partial charge in [-0.25, -0.2) is 18.0 Å². The number of nitrogens with zero attached hydrogens (tertiary/aromatic N) is 1. The molecule has 2 heterocycles. The summed E-state index contributed by atoms with van der Waals surface area (Å²) in [6, 6.07) is -0.664. The number of nitrogens with one attached hydrogen (secondary N) is 1. The van der Waals surface area contributed by atoms with Gasteiger partial charge >= 0.3 is 12.0 Å². The van der Waals surface area contributed by atoms with Crippen molar-refractivity contribution in [1.29, 1.82) is 0 Å². The quantitative estimate of drug-likeness (QED) is 0.693. The Morgan fingerprint density at radius 1 is 1.45 bits per heavy atom. The molecule has 114 valence electrons. The molecule has 2 N–H and O–H groups in total. The maximum absolute atomic E-state index is 11.9. The van der Waals surface area contributed by atoms with Crippen LogP contribution in [0.15, 0.2) is 0 Å². The standard InChI is InChI=1S/C11H18N2O6S/c1-11(19-4-9(14)15)6-13(7-11)10(16)12-8-2-3-20(17,18)5-8/h8H,2-7H2,1H3,(H,12,16)(H,14,15). The van der Waals surface area contributed by atoms with Gasteiger partial charge in [-0.15, -0.1) is 0 Å². The van der Waals surface area contributed by atoms with Crippen LogP contribution in [0.2, 0.25) is 0 Å². The minimum atomic E-state index is -3.02.